The maximum Gasteiger partial charge on any atom is 0.228 e. The van der Waals surface area contributed by atoms with Gasteiger partial charge in [0.2, 0.25) is 11.8 Å². The Morgan fingerprint density at radius 2 is 1.88 bits per heavy atom. The molecule has 130 valence electrons. The van der Waals surface area contributed by atoms with Crippen LogP contribution in [0, 0.1) is 18.8 Å². The predicted molar refractivity (Wildman–Crippen MR) is 99.3 cm³/mol. The van der Waals surface area contributed by atoms with Crippen LogP contribution < -0.4 is 5.32 Å². The standard InChI is InChI=1S/C20H21ClN2O2/c1-13-8-9-15(21)10-18(13)22-19(24)16-11-17(16)20(25)23(2)12-14-6-4-3-5-7-14/h3-10,16-17H,11-12H2,1-2H3,(H,22,24). The van der Waals surface area contributed by atoms with Crippen LogP contribution in [-0.2, 0) is 16.1 Å². The van der Waals surface area contributed by atoms with Crippen molar-refractivity contribution in [3.8, 4) is 0 Å². The highest BCUT2D eigenvalue weighted by Gasteiger charge is 2.49. The van der Waals surface area contributed by atoms with E-state index >= 15 is 0 Å². The Balaban J connectivity index is 1.57. The number of hydrogen-bond donors (Lipinski definition) is 1. The number of halogens is 1. The molecular formula is C20H21ClN2O2. The zero-order chi connectivity index (χ0) is 18.0. The number of rotatable bonds is 5. The van der Waals surface area contributed by atoms with Gasteiger partial charge in [0, 0.05) is 24.3 Å². The van der Waals surface area contributed by atoms with E-state index < -0.39 is 0 Å². The summed E-state index contributed by atoms with van der Waals surface area (Å²) in [5.41, 5.74) is 2.73. The Kier molecular flexibility index (Phi) is 5.09. The third-order valence-corrected chi connectivity index (χ3v) is 4.78. The molecule has 1 aliphatic carbocycles. The van der Waals surface area contributed by atoms with E-state index in [2.05, 4.69) is 5.32 Å². The van der Waals surface area contributed by atoms with E-state index in [1.807, 2.05) is 43.3 Å². The normalized spacial score (nSPS) is 18.5. The Morgan fingerprint density at radius 3 is 2.60 bits per heavy atom. The zero-order valence-corrected chi connectivity index (χ0v) is 15.1. The molecule has 1 N–H and O–H groups in total. The fourth-order valence-electron chi connectivity index (χ4n) is 2.93. The second-order valence-corrected chi connectivity index (χ2v) is 7.01. The minimum Gasteiger partial charge on any atom is -0.341 e. The Hall–Kier alpha value is -2.33. The molecule has 0 spiro atoms. The zero-order valence-electron chi connectivity index (χ0n) is 14.3. The fraction of sp³-hybridized carbons (Fsp3) is 0.300. The van der Waals surface area contributed by atoms with Gasteiger partial charge in [0.15, 0.2) is 0 Å². The molecule has 0 bridgehead atoms. The van der Waals surface area contributed by atoms with E-state index in [0.717, 1.165) is 11.1 Å². The minimum atomic E-state index is -0.260. The molecule has 5 heteroatoms. The second kappa shape index (κ2) is 7.28. The molecule has 3 rings (SSSR count). The van der Waals surface area contributed by atoms with Crippen LogP contribution in [0.1, 0.15) is 17.5 Å². The van der Waals surface area contributed by atoms with Crippen molar-refractivity contribution >= 4 is 29.1 Å². The Labute approximate surface area is 152 Å². The van der Waals surface area contributed by atoms with Gasteiger partial charge < -0.3 is 10.2 Å². The molecule has 0 aromatic heterocycles. The monoisotopic (exact) mass is 356 g/mol. The molecule has 2 amide bonds. The number of nitrogens with one attached hydrogen (secondary N) is 1. The Morgan fingerprint density at radius 1 is 1.16 bits per heavy atom. The number of amides is 2. The van der Waals surface area contributed by atoms with Crippen LogP contribution in [-0.4, -0.2) is 23.8 Å². The van der Waals surface area contributed by atoms with Crippen LogP contribution >= 0.6 is 11.6 Å². The van der Waals surface area contributed by atoms with E-state index in [-0.39, 0.29) is 23.7 Å². The summed E-state index contributed by atoms with van der Waals surface area (Å²) in [7, 11) is 1.78. The number of nitrogens with zero attached hydrogens (tertiary/aromatic N) is 1. The molecule has 4 nitrogen and oxygen atoms in total. The smallest absolute Gasteiger partial charge is 0.228 e. The molecule has 1 fully saturated rings. The summed E-state index contributed by atoms with van der Waals surface area (Å²) in [6.07, 6.45) is 0.601. The predicted octanol–water partition coefficient (Wildman–Crippen LogP) is 3.88. The molecular weight excluding hydrogens is 336 g/mol. The minimum absolute atomic E-state index is 0.0202. The third kappa shape index (κ3) is 4.20. The van der Waals surface area contributed by atoms with Gasteiger partial charge in [-0.25, -0.2) is 0 Å². The summed E-state index contributed by atoms with van der Waals surface area (Å²) < 4.78 is 0. The number of anilines is 1. The lowest BCUT2D eigenvalue weighted by Crippen LogP contribution is -2.29. The topological polar surface area (TPSA) is 49.4 Å². The molecule has 1 saturated carbocycles. The van der Waals surface area contributed by atoms with Crippen LogP contribution in [0.25, 0.3) is 0 Å². The van der Waals surface area contributed by atoms with Crippen molar-refractivity contribution in [2.75, 3.05) is 12.4 Å². The first-order valence-corrected chi connectivity index (χ1v) is 8.69. The molecule has 2 aromatic rings. The lowest BCUT2D eigenvalue weighted by Gasteiger charge is -2.17. The summed E-state index contributed by atoms with van der Waals surface area (Å²) in [6, 6.07) is 15.2. The van der Waals surface area contributed by atoms with Crippen LogP contribution in [0.3, 0.4) is 0 Å². The van der Waals surface area contributed by atoms with Gasteiger partial charge in [-0.05, 0) is 36.6 Å². The molecule has 0 aliphatic heterocycles. The second-order valence-electron chi connectivity index (χ2n) is 6.58. The molecule has 2 aromatic carbocycles. The quantitative estimate of drug-likeness (QED) is 0.883. The van der Waals surface area contributed by atoms with Crippen molar-refractivity contribution in [2.45, 2.75) is 19.9 Å². The highest BCUT2D eigenvalue weighted by Crippen LogP contribution is 2.41. The number of hydrogen-bond acceptors (Lipinski definition) is 2. The van der Waals surface area contributed by atoms with E-state index in [4.69, 9.17) is 11.6 Å². The van der Waals surface area contributed by atoms with Crippen molar-refractivity contribution in [2.24, 2.45) is 11.8 Å². The molecule has 1 aliphatic rings. The van der Waals surface area contributed by atoms with Gasteiger partial charge in [0.25, 0.3) is 0 Å². The first-order chi connectivity index (χ1) is 12.0. The SMILES string of the molecule is Cc1ccc(Cl)cc1NC(=O)C1CC1C(=O)N(C)Cc1ccccc1. The molecule has 0 heterocycles. The van der Waals surface area contributed by atoms with Crippen LogP contribution in [0.2, 0.25) is 5.02 Å². The van der Waals surface area contributed by atoms with Crippen molar-refractivity contribution in [3.05, 3.63) is 64.7 Å². The van der Waals surface area contributed by atoms with Crippen molar-refractivity contribution in [1.29, 1.82) is 0 Å². The molecule has 2 atom stereocenters. The summed E-state index contributed by atoms with van der Waals surface area (Å²) in [5.74, 6) is -0.582. The summed E-state index contributed by atoms with van der Waals surface area (Å²) >= 11 is 5.98. The lowest BCUT2D eigenvalue weighted by atomic mass is 10.2. The Bertz CT molecular complexity index is 792. The van der Waals surface area contributed by atoms with Crippen LogP contribution in [0.15, 0.2) is 48.5 Å². The maximum absolute atomic E-state index is 12.5. The van der Waals surface area contributed by atoms with Gasteiger partial charge in [0.05, 0.1) is 11.8 Å². The lowest BCUT2D eigenvalue weighted by molar-refractivity contribution is -0.133. The highest BCUT2D eigenvalue weighted by molar-refractivity contribution is 6.31. The summed E-state index contributed by atoms with van der Waals surface area (Å²) in [5, 5.41) is 3.47. The average molecular weight is 357 g/mol. The largest absolute Gasteiger partial charge is 0.341 e. The van der Waals surface area contributed by atoms with E-state index in [0.29, 0.717) is 23.7 Å². The first-order valence-electron chi connectivity index (χ1n) is 8.31. The van der Waals surface area contributed by atoms with Gasteiger partial charge >= 0.3 is 0 Å². The van der Waals surface area contributed by atoms with Gasteiger partial charge in [-0.15, -0.1) is 0 Å². The number of benzene rings is 2. The summed E-state index contributed by atoms with van der Waals surface area (Å²) in [6.45, 7) is 2.47. The maximum atomic E-state index is 12.5. The molecule has 2 unspecified atom stereocenters. The van der Waals surface area contributed by atoms with Gasteiger partial charge in [0.1, 0.15) is 0 Å². The highest BCUT2D eigenvalue weighted by atomic mass is 35.5. The van der Waals surface area contributed by atoms with Crippen molar-refractivity contribution < 1.29 is 9.59 Å². The third-order valence-electron chi connectivity index (χ3n) is 4.54. The number of aryl methyl sites for hydroxylation is 1. The van der Waals surface area contributed by atoms with Gasteiger partial charge in [-0.2, -0.15) is 0 Å². The fourth-order valence-corrected chi connectivity index (χ4v) is 3.10. The van der Waals surface area contributed by atoms with Gasteiger partial charge in [-0.3, -0.25) is 9.59 Å². The molecule has 25 heavy (non-hydrogen) atoms. The summed E-state index contributed by atoms with van der Waals surface area (Å²) in [4.78, 5) is 26.6. The molecule has 0 radical (unpaired) electrons. The van der Waals surface area contributed by atoms with E-state index in [1.165, 1.54) is 0 Å². The number of carbonyl (C=O) groups is 2. The number of carbonyl (C=O) groups excluding carboxylic acids is 2. The molecule has 0 saturated heterocycles. The first kappa shape index (κ1) is 17.5. The van der Waals surface area contributed by atoms with Crippen LogP contribution in [0.5, 0.6) is 0 Å². The van der Waals surface area contributed by atoms with Gasteiger partial charge in [-0.1, -0.05) is 48.0 Å². The van der Waals surface area contributed by atoms with E-state index in [1.54, 1.807) is 24.1 Å². The van der Waals surface area contributed by atoms with Crippen molar-refractivity contribution in [3.63, 3.8) is 0 Å². The van der Waals surface area contributed by atoms with Crippen LogP contribution in [0.4, 0.5) is 5.69 Å². The average Bonchev–Trinajstić information content (AvgIpc) is 3.39. The van der Waals surface area contributed by atoms with Crippen molar-refractivity contribution in [1.82, 2.24) is 4.90 Å². The van der Waals surface area contributed by atoms with E-state index in [9.17, 15) is 9.59 Å².